The molecule has 3 aromatic rings. The van der Waals surface area contributed by atoms with E-state index in [4.69, 9.17) is 34.5 Å². The Morgan fingerprint density at radius 1 is 0.667 bits per heavy atom. The van der Waals surface area contributed by atoms with E-state index in [0.717, 1.165) is 25.0 Å². The molecule has 0 unspecified atom stereocenters. The molecule has 281 valence electrons. The molecule has 2 N–H and O–H groups in total. The van der Waals surface area contributed by atoms with Crippen molar-refractivity contribution >= 4 is 62.3 Å². The minimum atomic E-state index is -1.66. The van der Waals surface area contributed by atoms with Crippen LogP contribution in [0.15, 0.2) is 52.4 Å². The Morgan fingerprint density at radius 2 is 1.00 bits per heavy atom. The van der Waals surface area contributed by atoms with Gasteiger partial charge in [-0.3, -0.25) is 9.98 Å². The second-order valence-corrected chi connectivity index (χ2v) is 26.4. The third-order valence-electron chi connectivity index (χ3n) is 7.49. The molecule has 0 saturated heterocycles. The molecule has 0 fully saturated rings. The maximum Gasteiger partial charge on any atom is 2.00 e. The van der Waals surface area contributed by atoms with Gasteiger partial charge >= 0.3 is 16.8 Å². The van der Waals surface area contributed by atoms with Crippen molar-refractivity contribution < 1.29 is 51.5 Å². The Bertz CT molecular complexity index is 1710. The van der Waals surface area contributed by atoms with Crippen molar-refractivity contribution in [2.75, 3.05) is 7.11 Å². The summed E-state index contributed by atoms with van der Waals surface area (Å²) < 4.78 is 5.50. The van der Waals surface area contributed by atoms with E-state index >= 15 is 0 Å². The molecule has 1 radical (unpaired) electrons. The summed E-state index contributed by atoms with van der Waals surface area (Å²) in [7, 11) is -1.69. The number of ether oxygens (including phenoxy) is 1. The number of phenols is 2. The second-order valence-electron chi connectivity index (χ2n) is 16.3. The van der Waals surface area contributed by atoms with Gasteiger partial charge in [0.25, 0.3) is 0 Å². The van der Waals surface area contributed by atoms with E-state index in [2.05, 4.69) is 105 Å². The summed E-state index contributed by atoms with van der Waals surface area (Å²) in [6.07, 6.45) is 3.46. The first-order valence-electron chi connectivity index (χ1n) is 16.5. The minimum absolute atomic E-state index is 0. The van der Waals surface area contributed by atoms with Crippen molar-refractivity contribution in [1.29, 1.82) is 0 Å². The summed E-state index contributed by atoms with van der Waals surface area (Å²) in [6.45, 7) is 28.5. The van der Waals surface area contributed by atoms with Crippen LogP contribution in [0, 0.1) is 0 Å². The molecule has 0 aliphatic carbocycles. The predicted octanol–water partition coefficient (Wildman–Crippen LogP) is 5.80. The Hall–Kier alpha value is -3.72. The topological polar surface area (TPSA) is 155 Å². The monoisotopic (exact) mass is 779 g/mol. The van der Waals surface area contributed by atoms with Gasteiger partial charge in [0.05, 0.1) is 34.6 Å². The maximum absolute atomic E-state index is 11.3. The van der Waals surface area contributed by atoms with Crippen LogP contribution in [0.5, 0.6) is 17.2 Å². The number of carboxylic acids is 2. The van der Waals surface area contributed by atoms with Gasteiger partial charge in [-0.15, -0.1) is 0 Å². The smallest absolute Gasteiger partial charge is 0.550 e. The quantitative estimate of drug-likeness (QED) is 0.227. The largest absolute Gasteiger partial charge is 2.00 e. The molecule has 12 heteroatoms. The van der Waals surface area contributed by atoms with Gasteiger partial charge < -0.3 is 34.8 Å². The summed E-state index contributed by atoms with van der Waals surface area (Å²) in [5.41, 5.74) is 4.04. The molecule has 0 saturated carbocycles. The van der Waals surface area contributed by atoms with Crippen LogP contribution in [0.4, 0.5) is 11.4 Å². The molecule has 0 amide bonds. The molecule has 3 aromatic carbocycles. The number of hydrogen-bond donors (Lipinski definition) is 2. The van der Waals surface area contributed by atoms with Crippen LogP contribution in [0.1, 0.15) is 77.6 Å². The van der Waals surface area contributed by atoms with Crippen molar-refractivity contribution in [3.63, 3.8) is 0 Å². The minimum Gasteiger partial charge on any atom is -0.550 e. The molecule has 0 bridgehead atoms. The number of aromatic hydroxyl groups is 2. The van der Waals surface area contributed by atoms with Gasteiger partial charge in [0, 0.05) is 41.6 Å². The summed E-state index contributed by atoms with van der Waals surface area (Å²) >= 11 is 0. The third-order valence-corrected chi connectivity index (χ3v) is 11.5. The molecule has 0 heterocycles. The molecule has 0 aromatic heterocycles. The van der Waals surface area contributed by atoms with Crippen molar-refractivity contribution in [1.82, 2.24) is 0 Å². The van der Waals surface area contributed by atoms with Gasteiger partial charge in [-0.05, 0) is 47.9 Å². The summed E-state index contributed by atoms with van der Waals surface area (Å²) in [5, 5.41) is 42.8. The molecule has 0 aliphatic rings. The first-order chi connectivity index (χ1) is 22.6. The first kappa shape index (κ1) is 47.3. The van der Waals surface area contributed by atoms with Gasteiger partial charge in [-0.1, -0.05) is 115 Å². The average Bonchev–Trinajstić information content (AvgIpc) is 2.93. The number of rotatable bonds is 7. The SMILES string of the molecule is CC(=O)[O-].CC(=O)[O-].COc1ccc(N=Cc2cc([Si](C)(C)C)cc(C(C)(C)C)c2O)c(N=Cc2cc([Si](C)(C)C)cc(C(C)(C)C)c2O)c1.[Co+2]. The molecule has 0 aliphatic heterocycles. The van der Waals surface area contributed by atoms with E-state index in [1.807, 2.05) is 18.2 Å². The van der Waals surface area contributed by atoms with Crippen molar-refractivity contribution in [2.45, 2.75) is 106 Å². The molecule has 51 heavy (non-hydrogen) atoms. The molecular weight excluding hydrogens is 724 g/mol. The van der Waals surface area contributed by atoms with Gasteiger partial charge in [-0.25, -0.2) is 0 Å². The van der Waals surface area contributed by atoms with E-state index in [1.54, 1.807) is 19.5 Å². The standard InChI is InChI=1S/C35H50N2O3Si2.2C2H4O2.Co/c1-34(2,3)28-19-26(41(8,9)10)16-23(32(28)38)21-36-30-15-14-25(40-7)18-31(30)37-22-24-17-27(42(11,12)13)20-29(33(24)39)35(4,5)6;2*1-2(3)4;/h14-22,38-39H,1-13H3;2*1H3,(H,3,4);/q;;;+2/p-2. The number of aliphatic carboxylic acids is 2. The maximum atomic E-state index is 11.3. The van der Waals surface area contributed by atoms with E-state index in [0.29, 0.717) is 28.3 Å². The Labute approximate surface area is 317 Å². The number of carbonyl (C=O) groups is 2. The summed E-state index contributed by atoms with van der Waals surface area (Å²) in [5.74, 6) is -0.992. The number of carboxylic acid groups (broad SMARTS) is 2. The van der Waals surface area contributed by atoms with Crippen LogP contribution in [-0.4, -0.2) is 57.8 Å². The first-order valence-corrected chi connectivity index (χ1v) is 23.5. The van der Waals surface area contributed by atoms with Crippen LogP contribution in [0.2, 0.25) is 39.3 Å². The van der Waals surface area contributed by atoms with E-state index in [-0.39, 0.29) is 39.1 Å². The van der Waals surface area contributed by atoms with Crippen LogP contribution in [-0.2, 0) is 37.2 Å². The Balaban J connectivity index is 0.00000251. The number of carbonyl (C=O) groups excluding carboxylic acids is 2. The molecule has 0 atom stereocenters. The third kappa shape index (κ3) is 15.2. The van der Waals surface area contributed by atoms with Crippen LogP contribution < -0.4 is 25.3 Å². The van der Waals surface area contributed by atoms with Crippen molar-refractivity contribution in [3.8, 4) is 17.2 Å². The summed E-state index contributed by atoms with van der Waals surface area (Å²) in [6, 6.07) is 14.0. The van der Waals surface area contributed by atoms with E-state index < -0.39 is 28.1 Å². The van der Waals surface area contributed by atoms with E-state index in [1.165, 1.54) is 10.4 Å². The average molecular weight is 780 g/mol. The Morgan fingerprint density at radius 3 is 1.29 bits per heavy atom. The number of aliphatic imine (C=N–C) groups is 2. The second kappa shape index (κ2) is 18.7. The van der Waals surface area contributed by atoms with Gasteiger partial charge in [0.15, 0.2) is 0 Å². The van der Waals surface area contributed by atoms with Gasteiger partial charge in [0.1, 0.15) is 17.2 Å². The van der Waals surface area contributed by atoms with Crippen LogP contribution in [0.25, 0.3) is 0 Å². The van der Waals surface area contributed by atoms with Crippen molar-refractivity contribution in [2.24, 2.45) is 9.98 Å². The fourth-order valence-corrected chi connectivity index (χ4v) is 6.97. The normalized spacial score (nSPS) is 12.0. The Kier molecular flexibility index (Phi) is 17.3. The predicted molar refractivity (Wildman–Crippen MR) is 208 cm³/mol. The van der Waals surface area contributed by atoms with Gasteiger partial charge in [0.2, 0.25) is 0 Å². The zero-order valence-electron chi connectivity index (χ0n) is 32.9. The molecule has 9 nitrogen and oxygen atoms in total. The van der Waals surface area contributed by atoms with Gasteiger partial charge in [-0.2, -0.15) is 0 Å². The van der Waals surface area contributed by atoms with E-state index in [9.17, 15) is 10.2 Å². The van der Waals surface area contributed by atoms with Crippen molar-refractivity contribution in [3.05, 3.63) is 64.7 Å². The summed E-state index contributed by atoms with van der Waals surface area (Å²) in [4.78, 5) is 27.4. The van der Waals surface area contributed by atoms with Crippen LogP contribution >= 0.6 is 0 Å². The molecule has 0 spiro atoms. The zero-order chi connectivity index (χ0) is 39.0. The number of hydrogen-bond acceptors (Lipinski definition) is 9. The number of methoxy groups -OCH3 is 1. The zero-order valence-corrected chi connectivity index (χ0v) is 35.9. The number of phenolic OH excluding ortho intramolecular Hbond substituents is 2. The fourth-order valence-electron chi connectivity index (χ4n) is 4.64. The fraction of sp³-hybridized carbons (Fsp3) is 0.436. The van der Waals surface area contributed by atoms with Crippen LogP contribution in [0.3, 0.4) is 0 Å². The molecular formula is C39H56CoN2O7Si2. The molecule has 3 rings (SSSR count). The number of nitrogens with zero attached hydrogens (tertiary/aromatic N) is 2. The number of benzene rings is 3.